The highest BCUT2D eigenvalue weighted by Gasteiger charge is 2.31. The van der Waals surface area contributed by atoms with Gasteiger partial charge in [-0.1, -0.05) is 17.9 Å². The minimum Gasteiger partial charge on any atom is -0.378 e. The van der Waals surface area contributed by atoms with Gasteiger partial charge in [0.2, 0.25) is 10.0 Å². The SMILES string of the molecule is CN(C)c1ccc(C#CCNS(=O)(=O)c2cccc(C(F)(F)F)c2)cc1. The zero-order chi connectivity index (χ0) is 19.4. The van der Waals surface area contributed by atoms with E-state index in [1.165, 1.54) is 0 Å². The van der Waals surface area contributed by atoms with Crippen molar-refractivity contribution in [1.82, 2.24) is 4.72 Å². The fourth-order valence-electron chi connectivity index (χ4n) is 2.04. The summed E-state index contributed by atoms with van der Waals surface area (Å²) in [5.41, 5.74) is 0.683. The van der Waals surface area contributed by atoms with Crippen LogP contribution in [0.15, 0.2) is 53.4 Å². The van der Waals surface area contributed by atoms with Gasteiger partial charge in [-0.2, -0.15) is 17.9 Å². The predicted molar refractivity (Wildman–Crippen MR) is 94.3 cm³/mol. The second kappa shape index (κ2) is 7.81. The highest BCUT2D eigenvalue weighted by atomic mass is 32.2. The third kappa shape index (κ3) is 5.25. The molecule has 138 valence electrons. The van der Waals surface area contributed by atoms with E-state index in [1.54, 1.807) is 12.1 Å². The van der Waals surface area contributed by atoms with Crippen LogP contribution in [0, 0.1) is 11.8 Å². The summed E-state index contributed by atoms with van der Waals surface area (Å²) in [4.78, 5) is 1.48. The minimum atomic E-state index is -4.61. The number of nitrogens with one attached hydrogen (secondary N) is 1. The van der Waals surface area contributed by atoms with Gasteiger partial charge in [0.05, 0.1) is 17.0 Å². The van der Waals surface area contributed by atoms with Crippen LogP contribution in [0.5, 0.6) is 0 Å². The van der Waals surface area contributed by atoms with Gasteiger partial charge in [0.25, 0.3) is 0 Å². The van der Waals surface area contributed by atoms with E-state index in [4.69, 9.17) is 0 Å². The lowest BCUT2D eigenvalue weighted by atomic mass is 10.2. The Labute approximate surface area is 150 Å². The molecule has 2 aromatic rings. The molecule has 0 aliphatic heterocycles. The molecular formula is C18H17F3N2O2S. The minimum absolute atomic E-state index is 0.214. The number of hydrogen-bond acceptors (Lipinski definition) is 3. The summed E-state index contributed by atoms with van der Waals surface area (Å²) in [6.07, 6.45) is -4.61. The van der Waals surface area contributed by atoms with Gasteiger partial charge < -0.3 is 4.90 Å². The second-order valence-corrected chi connectivity index (χ2v) is 7.36. The standard InChI is InChI=1S/C18H17F3N2O2S/c1-23(2)16-10-8-14(9-11-16)5-4-12-22-26(24,25)17-7-3-6-15(13-17)18(19,20)21/h3,6-11,13,22H,12H2,1-2H3. The fourth-order valence-corrected chi connectivity index (χ4v) is 3.01. The largest absolute Gasteiger partial charge is 0.416 e. The molecule has 0 radical (unpaired) electrons. The van der Waals surface area contributed by atoms with Crippen LogP contribution in [0.4, 0.5) is 18.9 Å². The number of rotatable bonds is 4. The number of sulfonamides is 1. The van der Waals surface area contributed by atoms with Gasteiger partial charge >= 0.3 is 6.18 Å². The van der Waals surface area contributed by atoms with Crippen molar-refractivity contribution in [1.29, 1.82) is 0 Å². The third-order valence-corrected chi connectivity index (χ3v) is 4.84. The van der Waals surface area contributed by atoms with Gasteiger partial charge in [0.1, 0.15) is 0 Å². The van der Waals surface area contributed by atoms with E-state index in [0.717, 1.165) is 23.9 Å². The zero-order valence-electron chi connectivity index (χ0n) is 14.1. The lowest BCUT2D eigenvalue weighted by Gasteiger charge is -2.11. The van der Waals surface area contributed by atoms with E-state index in [2.05, 4.69) is 16.6 Å². The van der Waals surface area contributed by atoms with E-state index in [1.807, 2.05) is 31.1 Å². The van der Waals surface area contributed by atoms with Crippen LogP contribution >= 0.6 is 0 Å². The Morgan fingerprint density at radius 1 is 1.08 bits per heavy atom. The molecule has 0 fully saturated rings. The highest BCUT2D eigenvalue weighted by molar-refractivity contribution is 7.89. The molecule has 0 saturated carbocycles. The Kier molecular flexibility index (Phi) is 5.95. The van der Waals surface area contributed by atoms with Gasteiger partial charge in [-0.25, -0.2) is 8.42 Å². The van der Waals surface area contributed by atoms with Crippen LogP contribution in [0.25, 0.3) is 0 Å². The molecular weight excluding hydrogens is 365 g/mol. The van der Waals surface area contributed by atoms with Crippen LogP contribution in [-0.2, 0) is 16.2 Å². The molecule has 2 rings (SSSR count). The van der Waals surface area contributed by atoms with Crippen molar-refractivity contribution in [2.24, 2.45) is 0 Å². The Hall–Kier alpha value is -2.50. The maximum absolute atomic E-state index is 12.7. The molecule has 0 unspecified atom stereocenters. The summed E-state index contributed by atoms with van der Waals surface area (Å²) in [7, 11) is -0.263. The van der Waals surface area contributed by atoms with Gasteiger partial charge in [0.15, 0.2) is 0 Å². The summed E-state index contributed by atoms with van der Waals surface area (Å²) < 4.78 is 64.4. The van der Waals surface area contributed by atoms with E-state index in [9.17, 15) is 21.6 Å². The average Bonchev–Trinajstić information content (AvgIpc) is 2.58. The molecule has 0 bridgehead atoms. The Morgan fingerprint density at radius 3 is 2.31 bits per heavy atom. The molecule has 1 N–H and O–H groups in total. The topological polar surface area (TPSA) is 49.4 Å². The molecule has 8 heteroatoms. The molecule has 0 aromatic heterocycles. The number of alkyl halides is 3. The molecule has 0 amide bonds. The van der Waals surface area contributed by atoms with Gasteiger partial charge in [-0.05, 0) is 42.5 Å². The van der Waals surface area contributed by atoms with Gasteiger partial charge in [-0.15, -0.1) is 0 Å². The number of nitrogens with zero attached hydrogens (tertiary/aromatic N) is 1. The number of benzene rings is 2. The van der Waals surface area contributed by atoms with Gasteiger partial charge in [0, 0.05) is 25.3 Å². The Morgan fingerprint density at radius 2 is 1.73 bits per heavy atom. The van der Waals surface area contributed by atoms with Crippen LogP contribution in [-0.4, -0.2) is 29.1 Å². The molecule has 0 heterocycles. The van der Waals surface area contributed by atoms with E-state index >= 15 is 0 Å². The summed E-state index contributed by atoms with van der Waals surface area (Å²) in [6.45, 7) is -0.214. The second-order valence-electron chi connectivity index (χ2n) is 5.59. The van der Waals surface area contributed by atoms with Crippen molar-refractivity contribution in [2.45, 2.75) is 11.1 Å². The summed E-state index contributed by atoms with van der Waals surface area (Å²) in [6, 6.07) is 10.9. The molecule has 0 spiro atoms. The van der Waals surface area contributed by atoms with E-state index in [-0.39, 0.29) is 6.54 Å². The van der Waals surface area contributed by atoms with Crippen LogP contribution in [0.3, 0.4) is 0 Å². The molecule has 0 aliphatic rings. The van der Waals surface area contributed by atoms with Crippen molar-refractivity contribution in [3.8, 4) is 11.8 Å². The van der Waals surface area contributed by atoms with Crippen LogP contribution in [0.2, 0.25) is 0 Å². The van der Waals surface area contributed by atoms with Crippen molar-refractivity contribution in [3.63, 3.8) is 0 Å². The molecule has 2 aromatic carbocycles. The molecule has 0 aliphatic carbocycles. The molecule has 4 nitrogen and oxygen atoms in total. The lowest BCUT2D eigenvalue weighted by molar-refractivity contribution is -0.137. The highest BCUT2D eigenvalue weighted by Crippen LogP contribution is 2.30. The van der Waals surface area contributed by atoms with Crippen LogP contribution < -0.4 is 9.62 Å². The predicted octanol–water partition coefficient (Wildman–Crippen LogP) is 3.10. The fraction of sp³-hybridized carbons (Fsp3) is 0.222. The summed E-state index contributed by atoms with van der Waals surface area (Å²) >= 11 is 0. The molecule has 0 saturated heterocycles. The lowest BCUT2D eigenvalue weighted by Crippen LogP contribution is -2.24. The van der Waals surface area contributed by atoms with E-state index in [0.29, 0.717) is 11.6 Å². The van der Waals surface area contributed by atoms with Crippen molar-refractivity contribution in [3.05, 3.63) is 59.7 Å². The number of anilines is 1. The van der Waals surface area contributed by atoms with Crippen molar-refractivity contribution < 1.29 is 21.6 Å². The maximum atomic E-state index is 12.7. The third-order valence-electron chi connectivity index (χ3n) is 3.44. The first-order valence-electron chi connectivity index (χ1n) is 7.53. The molecule has 26 heavy (non-hydrogen) atoms. The smallest absolute Gasteiger partial charge is 0.378 e. The normalized spacial score (nSPS) is 11.6. The van der Waals surface area contributed by atoms with E-state index < -0.39 is 26.7 Å². The zero-order valence-corrected chi connectivity index (χ0v) is 14.9. The monoisotopic (exact) mass is 382 g/mol. The summed E-state index contributed by atoms with van der Waals surface area (Å²) in [5, 5.41) is 0. The van der Waals surface area contributed by atoms with Crippen molar-refractivity contribution >= 4 is 15.7 Å². The van der Waals surface area contributed by atoms with Gasteiger partial charge in [-0.3, -0.25) is 0 Å². The average molecular weight is 382 g/mol. The summed E-state index contributed by atoms with van der Waals surface area (Å²) in [5.74, 6) is 5.44. The first kappa shape index (κ1) is 19.8. The maximum Gasteiger partial charge on any atom is 0.416 e. The number of hydrogen-bond donors (Lipinski definition) is 1. The first-order chi connectivity index (χ1) is 12.1. The first-order valence-corrected chi connectivity index (χ1v) is 9.01. The molecule has 0 atom stereocenters. The van der Waals surface area contributed by atoms with Crippen LogP contribution in [0.1, 0.15) is 11.1 Å². The Bertz CT molecular complexity index is 925. The Balaban J connectivity index is 2.05. The number of halogens is 3. The van der Waals surface area contributed by atoms with Crippen molar-refractivity contribution in [2.75, 3.05) is 25.5 Å². The quantitative estimate of drug-likeness (QED) is 0.827.